The molecule has 0 fully saturated rings. The summed E-state index contributed by atoms with van der Waals surface area (Å²) in [4.78, 5) is 23.5. The van der Waals surface area contributed by atoms with Crippen LogP contribution in [0.1, 0.15) is 22.3 Å². The number of hydrogen-bond donors (Lipinski definition) is 2. The molecular weight excluding hydrogens is 311 g/mol. The van der Waals surface area contributed by atoms with Gasteiger partial charge in [0, 0.05) is 31.3 Å². The minimum atomic E-state index is -0.386. The van der Waals surface area contributed by atoms with Crippen LogP contribution in [0.5, 0.6) is 0 Å². The number of methoxy groups -OCH3 is 1. The van der Waals surface area contributed by atoms with Crippen LogP contribution in [0.15, 0.2) is 48.5 Å². The average Bonchev–Trinajstić information content (AvgIpc) is 2.60. The molecule has 5 nitrogen and oxygen atoms in total. The topological polar surface area (TPSA) is 67.4 Å². The summed E-state index contributed by atoms with van der Waals surface area (Å²) in [5.41, 5.74) is 1.92. The first kappa shape index (κ1) is 17.6. The zero-order valence-electron chi connectivity index (χ0n) is 13.3. The van der Waals surface area contributed by atoms with Crippen molar-refractivity contribution in [3.63, 3.8) is 0 Å². The molecule has 2 N–H and O–H groups in total. The maximum atomic E-state index is 12.9. The summed E-state index contributed by atoms with van der Waals surface area (Å²) in [5, 5.41) is 5.52. The molecule has 126 valence electrons. The molecule has 2 aromatic carbocycles. The summed E-state index contributed by atoms with van der Waals surface area (Å²) in [5.74, 6) is -0.774. The smallest absolute Gasteiger partial charge is 0.255 e. The van der Waals surface area contributed by atoms with E-state index >= 15 is 0 Å². The molecule has 0 atom stereocenters. The van der Waals surface area contributed by atoms with Gasteiger partial charge >= 0.3 is 0 Å². The van der Waals surface area contributed by atoms with Crippen molar-refractivity contribution in [2.45, 2.75) is 13.0 Å². The molecule has 6 heteroatoms. The van der Waals surface area contributed by atoms with Gasteiger partial charge in [0.1, 0.15) is 5.82 Å². The van der Waals surface area contributed by atoms with Crippen LogP contribution in [-0.2, 0) is 16.1 Å². The molecule has 0 aromatic heterocycles. The Bertz CT molecular complexity index is 684. The summed E-state index contributed by atoms with van der Waals surface area (Å²) < 4.78 is 17.7. The Morgan fingerprint density at radius 2 is 1.71 bits per heavy atom. The summed E-state index contributed by atoms with van der Waals surface area (Å²) >= 11 is 0. The fraction of sp³-hybridized carbons (Fsp3) is 0.222. The third-order valence-electron chi connectivity index (χ3n) is 3.34. The number of carbonyl (C=O) groups is 2. The molecule has 0 spiro atoms. The second-order valence-electron chi connectivity index (χ2n) is 5.18. The number of nitrogens with one attached hydrogen (secondary N) is 2. The summed E-state index contributed by atoms with van der Waals surface area (Å²) in [7, 11) is 1.55. The molecule has 0 bridgehead atoms. The van der Waals surface area contributed by atoms with E-state index in [2.05, 4.69) is 10.6 Å². The van der Waals surface area contributed by atoms with Gasteiger partial charge in [-0.15, -0.1) is 0 Å². The molecule has 24 heavy (non-hydrogen) atoms. The largest absolute Gasteiger partial charge is 0.384 e. The van der Waals surface area contributed by atoms with E-state index in [4.69, 9.17) is 4.74 Å². The first-order chi connectivity index (χ1) is 11.6. The molecule has 0 heterocycles. The van der Waals surface area contributed by atoms with Gasteiger partial charge in [-0.1, -0.05) is 12.1 Å². The van der Waals surface area contributed by atoms with E-state index in [0.29, 0.717) is 30.8 Å². The van der Waals surface area contributed by atoms with Gasteiger partial charge in [-0.05, 0) is 42.0 Å². The Kier molecular flexibility index (Phi) is 6.45. The third-order valence-corrected chi connectivity index (χ3v) is 3.34. The first-order valence-electron chi connectivity index (χ1n) is 7.50. The maximum Gasteiger partial charge on any atom is 0.255 e. The Morgan fingerprint density at radius 1 is 1.04 bits per heavy atom. The van der Waals surface area contributed by atoms with Gasteiger partial charge in [-0.2, -0.15) is 0 Å². The molecule has 0 aliphatic heterocycles. The number of rotatable bonds is 7. The molecule has 0 aliphatic carbocycles. The number of amides is 2. The number of anilines is 1. The van der Waals surface area contributed by atoms with Gasteiger partial charge in [0.05, 0.1) is 6.61 Å². The highest BCUT2D eigenvalue weighted by molar-refractivity contribution is 6.04. The summed E-state index contributed by atoms with van der Waals surface area (Å²) in [6.45, 7) is 0.801. The van der Waals surface area contributed by atoms with Crippen LogP contribution in [-0.4, -0.2) is 25.5 Å². The van der Waals surface area contributed by atoms with E-state index in [1.807, 2.05) is 12.1 Å². The highest BCUT2D eigenvalue weighted by Crippen LogP contribution is 2.12. The molecule has 2 rings (SSSR count). The lowest BCUT2D eigenvalue weighted by atomic mass is 10.1. The van der Waals surface area contributed by atoms with Crippen molar-refractivity contribution in [2.24, 2.45) is 0 Å². The molecule has 0 unspecified atom stereocenters. The minimum Gasteiger partial charge on any atom is -0.384 e. The van der Waals surface area contributed by atoms with Gasteiger partial charge in [-0.25, -0.2) is 4.39 Å². The van der Waals surface area contributed by atoms with Gasteiger partial charge in [-0.3, -0.25) is 9.59 Å². The zero-order chi connectivity index (χ0) is 17.4. The molecule has 0 saturated carbocycles. The van der Waals surface area contributed by atoms with Crippen LogP contribution in [0.25, 0.3) is 0 Å². The minimum absolute atomic E-state index is 0.0782. The van der Waals surface area contributed by atoms with Crippen molar-refractivity contribution in [3.05, 3.63) is 65.5 Å². The molecule has 2 aromatic rings. The highest BCUT2D eigenvalue weighted by atomic mass is 19.1. The van der Waals surface area contributed by atoms with Crippen LogP contribution in [0.4, 0.5) is 10.1 Å². The Labute approximate surface area is 139 Å². The van der Waals surface area contributed by atoms with Crippen LogP contribution >= 0.6 is 0 Å². The predicted molar refractivity (Wildman–Crippen MR) is 89.1 cm³/mol. The van der Waals surface area contributed by atoms with Gasteiger partial charge in [0.2, 0.25) is 5.91 Å². The van der Waals surface area contributed by atoms with Crippen LogP contribution in [0.3, 0.4) is 0 Å². The first-order valence-corrected chi connectivity index (χ1v) is 7.50. The van der Waals surface area contributed by atoms with Crippen LogP contribution < -0.4 is 10.6 Å². The van der Waals surface area contributed by atoms with E-state index in [0.717, 1.165) is 5.56 Å². The van der Waals surface area contributed by atoms with Gasteiger partial charge in [0.25, 0.3) is 5.91 Å². The van der Waals surface area contributed by atoms with E-state index in [1.165, 1.54) is 24.3 Å². The Morgan fingerprint density at radius 3 is 2.33 bits per heavy atom. The second-order valence-corrected chi connectivity index (χ2v) is 5.18. The SMILES string of the molecule is COCCC(=O)NCc1ccc(NC(=O)c2ccc(F)cc2)cc1. The Balaban J connectivity index is 1.86. The summed E-state index contributed by atoms with van der Waals surface area (Å²) in [6.07, 6.45) is 0.322. The monoisotopic (exact) mass is 330 g/mol. The second kappa shape index (κ2) is 8.79. The number of benzene rings is 2. The van der Waals surface area contributed by atoms with Crippen molar-refractivity contribution in [3.8, 4) is 0 Å². The van der Waals surface area contributed by atoms with E-state index in [9.17, 15) is 14.0 Å². The molecule has 2 amide bonds. The lowest BCUT2D eigenvalue weighted by molar-refractivity contribution is -0.122. The van der Waals surface area contributed by atoms with Gasteiger partial charge < -0.3 is 15.4 Å². The zero-order valence-corrected chi connectivity index (χ0v) is 13.3. The summed E-state index contributed by atoms with van der Waals surface area (Å²) in [6, 6.07) is 12.5. The van der Waals surface area contributed by atoms with Crippen molar-refractivity contribution < 1.29 is 18.7 Å². The standard InChI is InChI=1S/C18H19FN2O3/c1-24-11-10-17(22)20-12-13-2-8-16(9-3-13)21-18(23)14-4-6-15(19)7-5-14/h2-9H,10-12H2,1H3,(H,20,22)(H,21,23). The third kappa shape index (κ3) is 5.48. The van der Waals surface area contributed by atoms with Crippen molar-refractivity contribution >= 4 is 17.5 Å². The predicted octanol–water partition coefficient (Wildman–Crippen LogP) is 2.73. The Hall–Kier alpha value is -2.73. The highest BCUT2D eigenvalue weighted by Gasteiger charge is 2.06. The number of ether oxygens (including phenoxy) is 1. The molecule has 0 radical (unpaired) electrons. The lowest BCUT2D eigenvalue weighted by Gasteiger charge is -2.08. The molecular formula is C18H19FN2O3. The lowest BCUT2D eigenvalue weighted by Crippen LogP contribution is -2.23. The van der Waals surface area contributed by atoms with E-state index in [-0.39, 0.29) is 17.6 Å². The van der Waals surface area contributed by atoms with Crippen molar-refractivity contribution in [2.75, 3.05) is 19.0 Å². The normalized spacial score (nSPS) is 10.2. The molecule has 0 saturated heterocycles. The van der Waals surface area contributed by atoms with Gasteiger partial charge in [0.15, 0.2) is 0 Å². The van der Waals surface area contributed by atoms with E-state index < -0.39 is 0 Å². The number of carbonyl (C=O) groups excluding carboxylic acids is 2. The van der Waals surface area contributed by atoms with Crippen LogP contribution in [0, 0.1) is 5.82 Å². The molecule has 0 aliphatic rings. The van der Waals surface area contributed by atoms with Crippen molar-refractivity contribution in [1.29, 1.82) is 0 Å². The fourth-order valence-electron chi connectivity index (χ4n) is 1.99. The van der Waals surface area contributed by atoms with Crippen molar-refractivity contribution in [1.82, 2.24) is 5.32 Å². The van der Waals surface area contributed by atoms with Crippen LogP contribution in [0.2, 0.25) is 0 Å². The maximum absolute atomic E-state index is 12.9. The number of hydrogen-bond acceptors (Lipinski definition) is 3. The number of halogens is 1. The van der Waals surface area contributed by atoms with E-state index in [1.54, 1.807) is 19.2 Å². The quantitative estimate of drug-likeness (QED) is 0.820. The average molecular weight is 330 g/mol. The fourth-order valence-corrected chi connectivity index (χ4v) is 1.99.